The van der Waals surface area contributed by atoms with Crippen LogP contribution in [0.1, 0.15) is 20.3 Å². The molecule has 0 fully saturated rings. The summed E-state index contributed by atoms with van der Waals surface area (Å²) in [5, 5.41) is 0. The first-order valence-corrected chi connectivity index (χ1v) is 3.70. The van der Waals surface area contributed by atoms with Crippen molar-refractivity contribution < 1.29 is 9.53 Å². The lowest BCUT2D eigenvalue weighted by atomic mass is 10.1. The average molecular weight is 160 g/mol. The van der Waals surface area contributed by atoms with E-state index in [9.17, 15) is 4.79 Å². The smallest absolute Gasteiger partial charge is 0.324 e. The SMILES string of the molecule is CC(C)C[C@H](N)C(=O)OCN. The second-order valence-corrected chi connectivity index (χ2v) is 2.87. The minimum Gasteiger partial charge on any atom is -0.449 e. The Labute approximate surface area is 66.9 Å². The molecule has 0 bridgehead atoms. The fourth-order valence-corrected chi connectivity index (χ4v) is 0.793. The molecule has 0 amide bonds. The molecule has 0 radical (unpaired) electrons. The number of rotatable bonds is 4. The number of esters is 1. The Balaban J connectivity index is 3.64. The van der Waals surface area contributed by atoms with E-state index in [4.69, 9.17) is 11.5 Å². The van der Waals surface area contributed by atoms with Gasteiger partial charge in [0.05, 0.1) is 0 Å². The normalized spacial score (nSPS) is 13.2. The summed E-state index contributed by atoms with van der Waals surface area (Å²) >= 11 is 0. The molecule has 11 heavy (non-hydrogen) atoms. The molecule has 4 N–H and O–H groups in total. The summed E-state index contributed by atoms with van der Waals surface area (Å²) in [6, 6.07) is -0.529. The summed E-state index contributed by atoms with van der Waals surface area (Å²) in [6.45, 7) is 3.90. The van der Waals surface area contributed by atoms with E-state index in [0.29, 0.717) is 12.3 Å². The van der Waals surface area contributed by atoms with Crippen LogP contribution < -0.4 is 11.5 Å². The van der Waals surface area contributed by atoms with Crippen LogP contribution in [0.15, 0.2) is 0 Å². The van der Waals surface area contributed by atoms with Gasteiger partial charge in [-0.2, -0.15) is 0 Å². The van der Waals surface area contributed by atoms with Gasteiger partial charge in [-0.1, -0.05) is 13.8 Å². The summed E-state index contributed by atoms with van der Waals surface area (Å²) < 4.78 is 4.52. The molecule has 0 saturated heterocycles. The number of carbonyl (C=O) groups is 1. The molecule has 66 valence electrons. The molecule has 0 aromatic heterocycles. The molecule has 0 aliphatic heterocycles. The largest absolute Gasteiger partial charge is 0.449 e. The van der Waals surface area contributed by atoms with E-state index < -0.39 is 12.0 Å². The first-order chi connectivity index (χ1) is 5.07. The second-order valence-electron chi connectivity index (χ2n) is 2.87. The number of ether oxygens (including phenoxy) is 1. The molecule has 0 spiro atoms. The van der Waals surface area contributed by atoms with Crippen molar-refractivity contribution in [2.75, 3.05) is 6.73 Å². The molecular weight excluding hydrogens is 144 g/mol. The molecule has 0 rings (SSSR count). The maximum atomic E-state index is 10.9. The zero-order valence-electron chi connectivity index (χ0n) is 7.04. The standard InChI is InChI=1S/C7H16N2O2/c1-5(2)3-6(9)7(10)11-4-8/h5-6H,3-4,8-9H2,1-2H3/t6-/m0/s1. The van der Waals surface area contributed by atoms with Crippen molar-refractivity contribution in [1.82, 2.24) is 0 Å². The number of nitrogens with two attached hydrogens (primary N) is 2. The van der Waals surface area contributed by atoms with Crippen LogP contribution in [0.3, 0.4) is 0 Å². The van der Waals surface area contributed by atoms with Gasteiger partial charge in [0.2, 0.25) is 0 Å². The second kappa shape index (κ2) is 5.09. The summed E-state index contributed by atoms with van der Waals surface area (Å²) in [5.74, 6) is -0.0171. The number of hydrogen-bond donors (Lipinski definition) is 2. The summed E-state index contributed by atoms with van der Waals surface area (Å²) in [5.41, 5.74) is 10.5. The fourth-order valence-electron chi connectivity index (χ4n) is 0.793. The molecule has 4 nitrogen and oxygen atoms in total. The van der Waals surface area contributed by atoms with Crippen molar-refractivity contribution >= 4 is 5.97 Å². The summed E-state index contributed by atoms with van der Waals surface area (Å²) in [4.78, 5) is 10.9. The monoisotopic (exact) mass is 160 g/mol. The van der Waals surface area contributed by atoms with Gasteiger partial charge in [0.25, 0.3) is 0 Å². The topological polar surface area (TPSA) is 78.3 Å². The van der Waals surface area contributed by atoms with Gasteiger partial charge in [0.1, 0.15) is 12.8 Å². The minimum atomic E-state index is -0.529. The first-order valence-electron chi connectivity index (χ1n) is 3.70. The Kier molecular flexibility index (Phi) is 4.81. The third-order valence-corrected chi connectivity index (χ3v) is 1.25. The van der Waals surface area contributed by atoms with Crippen LogP contribution in [0.2, 0.25) is 0 Å². The molecule has 0 heterocycles. The van der Waals surface area contributed by atoms with E-state index in [0.717, 1.165) is 0 Å². The van der Waals surface area contributed by atoms with Crippen LogP contribution in [0.5, 0.6) is 0 Å². The summed E-state index contributed by atoms with van der Waals surface area (Å²) in [6.07, 6.45) is 0.638. The van der Waals surface area contributed by atoms with Crippen LogP contribution >= 0.6 is 0 Å². The molecule has 0 saturated carbocycles. The lowest BCUT2D eigenvalue weighted by Gasteiger charge is -2.11. The van der Waals surface area contributed by atoms with E-state index >= 15 is 0 Å². The quantitative estimate of drug-likeness (QED) is 0.441. The van der Waals surface area contributed by atoms with E-state index in [1.807, 2.05) is 13.8 Å². The number of hydrogen-bond acceptors (Lipinski definition) is 4. The molecule has 0 aliphatic carbocycles. The Bertz CT molecular complexity index is 126. The maximum Gasteiger partial charge on any atom is 0.324 e. The molecular formula is C7H16N2O2. The van der Waals surface area contributed by atoms with E-state index in [1.165, 1.54) is 0 Å². The zero-order valence-corrected chi connectivity index (χ0v) is 7.04. The van der Waals surface area contributed by atoms with Crippen molar-refractivity contribution in [2.24, 2.45) is 17.4 Å². The van der Waals surface area contributed by atoms with Crippen LogP contribution in [0.4, 0.5) is 0 Å². The van der Waals surface area contributed by atoms with Gasteiger partial charge < -0.3 is 10.5 Å². The molecule has 0 unspecified atom stereocenters. The maximum absolute atomic E-state index is 10.9. The lowest BCUT2D eigenvalue weighted by molar-refractivity contribution is -0.145. The molecule has 0 aromatic rings. The highest BCUT2D eigenvalue weighted by Crippen LogP contribution is 2.03. The van der Waals surface area contributed by atoms with Gasteiger partial charge in [-0.3, -0.25) is 10.5 Å². The highest BCUT2D eigenvalue weighted by atomic mass is 16.5. The highest BCUT2D eigenvalue weighted by Gasteiger charge is 2.15. The van der Waals surface area contributed by atoms with Crippen LogP contribution in [-0.4, -0.2) is 18.7 Å². The Morgan fingerprint density at radius 2 is 2.09 bits per heavy atom. The van der Waals surface area contributed by atoms with Gasteiger partial charge in [0.15, 0.2) is 0 Å². The fraction of sp³-hybridized carbons (Fsp3) is 0.857. The van der Waals surface area contributed by atoms with Crippen molar-refractivity contribution in [3.05, 3.63) is 0 Å². The molecule has 1 atom stereocenters. The van der Waals surface area contributed by atoms with Crippen LogP contribution in [0.25, 0.3) is 0 Å². The Morgan fingerprint density at radius 3 is 2.45 bits per heavy atom. The van der Waals surface area contributed by atoms with Gasteiger partial charge in [-0.05, 0) is 12.3 Å². The van der Waals surface area contributed by atoms with Crippen molar-refractivity contribution in [2.45, 2.75) is 26.3 Å². The van der Waals surface area contributed by atoms with Crippen molar-refractivity contribution in [3.63, 3.8) is 0 Å². The molecule has 4 heteroatoms. The number of carbonyl (C=O) groups excluding carboxylic acids is 1. The predicted molar refractivity (Wildman–Crippen MR) is 42.6 cm³/mol. The van der Waals surface area contributed by atoms with Crippen molar-refractivity contribution in [1.29, 1.82) is 0 Å². The van der Waals surface area contributed by atoms with Crippen LogP contribution in [-0.2, 0) is 9.53 Å². The molecule has 0 aromatic carbocycles. The summed E-state index contributed by atoms with van der Waals surface area (Å²) in [7, 11) is 0. The van der Waals surface area contributed by atoms with E-state index in [1.54, 1.807) is 0 Å². The molecule has 0 aliphatic rings. The Morgan fingerprint density at radius 1 is 1.55 bits per heavy atom. The first kappa shape index (κ1) is 10.4. The van der Waals surface area contributed by atoms with Crippen molar-refractivity contribution in [3.8, 4) is 0 Å². The zero-order chi connectivity index (χ0) is 8.85. The van der Waals surface area contributed by atoms with Gasteiger partial charge in [-0.15, -0.1) is 0 Å². The predicted octanol–water partition coefficient (Wildman–Crippen LogP) is -0.181. The van der Waals surface area contributed by atoms with Crippen LogP contribution in [0, 0.1) is 5.92 Å². The average Bonchev–Trinajstić information content (AvgIpc) is 1.86. The van der Waals surface area contributed by atoms with E-state index in [2.05, 4.69) is 4.74 Å². The lowest BCUT2D eigenvalue weighted by Crippen LogP contribution is -2.34. The van der Waals surface area contributed by atoms with E-state index in [-0.39, 0.29) is 6.73 Å². The minimum absolute atomic E-state index is 0.0926. The Hall–Kier alpha value is -0.610. The third kappa shape index (κ3) is 4.75. The van der Waals surface area contributed by atoms with Gasteiger partial charge in [-0.25, -0.2) is 0 Å². The van der Waals surface area contributed by atoms with Gasteiger partial charge >= 0.3 is 5.97 Å². The highest BCUT2D eigenvalue weighted by molar-refractivity contribution is 5.75. The third-order valence-electron chi connectivity index (χ3n) is 1.25. The van der Waals surface area contributed by atoms with Gasteiger partial charge in [0, 0.05) is 0 Å².